The van der Waals surface area contributed by atoms with Crippen molar-refractivity contribution in [3.8, 4) is 0 Å². The quantitative estimate of drug-likeness (QED) is 0.908. The highest BCUT2D eigenvalue weighted by Crippen LogP contribution is 2.28. The average Bonchev–Trinajstić information content (AvgIpc) is 2.78. The maximum absolute atomic E-state index is 12.0. The molecule has 1 aliphatic rings. The number of furan rings is 1. The summed E-state index contributed by atoms with van der Waals surface area (Å²) in [6.45, 7) is 2.24. The van der Waals surface area contributed by atoms with Crippen molar-refractivity contribution >= 4 is 21.8 Å². The first-order valence-corrected chi connectivity index (χ1v) is 7.53. The standard InChI is InChI=1S/C14H20BrNO2/c1-2-3-10-4-6-11(7-5-10)16-14(17)12-8-9-18-13(12)15/h8-11H,2-7H2,1H3,(H,16,17). The van der Waals surface area contributed by atoms with Gasteiger partial charge in [0.05, 0.1) is 11.8 Å². The highest BCUT2D eigenvalue weighted by molar-refractivity contribution is 9.10. The lowest BCUT2D eigenvalue weighted by Gasteiger charge is -2.28. The molecule has 4 heteroatoms. The van der Waals surface area contributed by atoms with E-state index >= 15 is 0 Å². The van der Waals surface area contributed by atoms with Gasteiger partial charge in [0.15, 0.2) is 4.67 Å². The van der Waals surface area contributed by atoms with Crippen molar-refractivity contribution in [2.45, 2.75) is 51.5 Å². The minimum absolute atomic E-state index is 0.0328. The Bertz CT molecular complexity index is 394. The van der Waals surface area contributed by atoms with Crippen LogP contribution in [0.5, 0.6) is 0 Å². The first-order chi connectivity index (χ1) is 8.70. The fourth-order valence-electron chi connectivity index (χ4n) is 2.72. The Kier molecular flexibility index (Phi) is 4.87. The second kappa shape index (κ2) is 6.41. The number of amides is 1. The van der Waals surface area contributed by atoms with E-state index in [-0.39, 0.29) is 5.91 Å². The summed E-state index contributed by atoms with van der Waals surface area (Å²) in [6.07, 6.45) is 8.81. The minimum Gasteiger partial charge on any atom is -0.457 e. The Morgan fingerprint density at radius 3 is 2.72 bits per heavy atom. The van der Waals surface area contributed by atoms with Crippen molar-refractivity contribution < 1.29 is 9.21 Å². The van der Waals surface area contributed by atoms with Crippen LogP contribution in [-0.2, 0) is 0 Å². The van der Waals surface area contributed by atoms with Crippen LogP contribution in [0.15, 0.2) is 21.4 Å². The van der Waals surface area contributed by atoms with E-state index in [1.807, 2.05) is 0 Å². The summed E-state index contributed by atoms with van der Waals surface area (Å²) < 4.78 is 5.59. The molecular formula is C14H20BrNO2. The molecule has 1 amide bonds. The van der Waals surface area contributed by atoms with Gasteiger partial charge in [-0.25, -0.2) is 0 Å². The van der Waals surface area contributed by atoms with E-state index in [9.17, 15) is 4.79 Å². The molecule has 1 N–H and O–H groups in total. The Hall–Kier alpha value is -0.770. The third kappa shape index (κ3) is 3.37. The zero-order chi connectivity index (χ0) is 13.0. The van der Waals surface area contributed by atoms with Gasteiger partial charge in [0, 0.05) is 6.04 Å². The lowest BCUT2D eigenvalue weighted by Crippen LogP contribution is -2.37. The molecule has 0 aromatic carbocycles. The molecule has 0 unspecified atom stereocenters. The highest BCUT2D eigenvalue weighted by atomic mass is 79.9. The van der Waals surface area contributed by atoms with Gasteiger partial charge in [-0.05, 0) is 53.6 Å². The summed E-state index contributed by atoms with van der Waals surface area (Å²) in [4.78, 5) is 12.0. The number of rotatable bonds is 4. The molecule has 1 heterocycles. The molecule has 1 aliphatic carbocycles. The van der Waals surface area contributed by atoms with Gasteiger partial charge in [0.1, 0.15) is 0 Å². The number of nitrogens with one attached hydrogen (secondary N) is 1. The topological polar surface area (TPSA) is 42.2 Å². The monoisotopic (exact) mass is 313 g/mol. The first kappa shape index (κ1) is 13.7. The Labute approximate surface area is 116 Å². The van der Waals surface area contributed by atoms with Crippen LogP contribution in [0.25, 0.3) is 0 Å². The van der Waals surface area contributed by atoms with Gasteiger partial charge >= 0.3 is 0 Å². The van der Waals surface area contributed by atoms with Crippen molar-refractivity contribution in [2.75, 3.05) is 0 Å². The van der Waals surface area contributed by atoms with Gasteiger partial charge in [-0.2, -0.15) is 0 Å². The zero-order valence-electron chi connectivity index (χ0n) is 10.7. The predicted octanol–water partition coefficient (Wildman–Crippen LogP) is 4.13. The summed E-state index contributed by atoms with van der Waals surface area (Å²) in [7, 11) is 0. The minimum atomic E-state index is -0.0328. The smallest absolute Gasteiger partial charge is 0.255 e. The average molecular weight is 314 g/mol. The largest absolute Gasteiger partial charge is 0.457 e. The van der Waals surface area contributed by atoms with Crippen molar-refractivity contribution in [3.05, 3.63) is 22.6 Å². The number of carbonyl (C=O) groups is 1. The van der Waals surface area contributed by atoms with Crippen LogP contribution in [-0.4, -0.2) is 11.9 Å². The van der Waals surface area contributed by atoms with Crippen LogP contribution in [0.4, 0.5) is 0 Å². The van der Waals surface area contributed by atoms with Crippen molar-refractivity contribution in [1.29, 1.82) is 0 Å². The highest BCUT2D eigenvalue weighted by Gasteiger charge is 2.23. The molecule has 100 valence electrons. The second-order valence-corrected chi connectivity index (χ2v) is 5.81. The summed E-state index contributed by atoms with van der Waals surface area (Å²) in [5, 5.41) is 3.10. The number of carbonyl (C=O) groups excluding carboxylic acids is 1. The van der Waals surface area contributed by atoms with Crippen LogP contribution < -0.4 is 5.32 Å². The lowest BCUT2D eigenvalue weighted by atomic mass is 9.83. The van der Waals surface area contributed by atoms with Crippen molar-refractivity contribution in [2.24, 2.45) is 5.92 Å². The van der Waals surface area contributed by atoms with E-state index in [0.717, 1.165) is 18.8 Å². The van der Waals surface area contributed by atoms with E-state index in [1.54, 1.807) is 6.07 Å². The molecular weight excluding hydrogens is 294 g/mol. The van der Waals surface area contributed by atoms with Crippen LogP contribution in [0, 0.1) is 5.92 Å². The lowest BCUT2D eigenvalue weighted by molar-refractivity contribution is 0.0919. The van der Waals surface area contributed by atoms with Gasteiger partial charge in [-0.3, -0.25) is 4.79 Å². The van der Waals surface area contributed by atoms with Crippen LogP contribution >= 0.6 is 15.9 Å². The summed E-state index contributed by atoms with van der Waals surface area (Å²) in [5.74, 6) is 0.832. The SMILES string of the molecule is CCCC1CCC(NC(=O)c2ccoc2Br)CC1. The molecule has 0 saturated heterocycles. The third-order valence-electron chi connectivity index (χ3n) is 3.74. The predicted molar refractivity (Wildman–Crippen MR) is 74.5 cm³/mol. The third-order valence-corrected chi connectivity index (χ3v) is 4.36. The van der Waals surface area contributed by atoms with Gasteiger partial charge in [0.2, 0.25) is 0 Å². The molecule has 3 nitrogen and oxygen atoms in total. The van der Waals surface area contributed by atoms with E-state index < -0.39 is 0 Å². The molecule has 0 atom stereocenters. The van der Waals surface area contributed by atoms with E-state index in [0.29, 0.717) is 16.3 Å². The molecule has 0 radical (unpaired) electrons. The van der Waals surface area contributed by atoms with Crippen LogP contribution in [0.3, 0.4) is 0 Å². The summed E-state index contributed by atoms with van der Waals surface area (Å²) in [5.41, 5.74) is 0.589. The number of hydrogen-bond donors (Lipinski definition) is 1. The zero-order valence-corrected chi connectivity index (χ0v) is 12.3. The summed E-state index contributed by atoms with van der Waals surface area (Å²) in [6, 6.07) is 2.02. The maximum Gasteiger partial charge on any atom is 0.255 e. The molecule has 0 spiro atoms. The van der Waals surface area contributed by atoms with Crippen LogP contribution in [0.2, 0.25) is 0 Å². The van der Waals surface area contributed by atoms with E-state index in [2.05, 4.69) is 28.2 Å². The fraction of sp³-hybridized carbons (Fsp3) is 0.643. The van der Waals surface area contributed by atoms with Crippen molar-refractivity contribution in [3.63, 3.8) is 0 Å². The summed E-state index contributed by atoms with van der Waals surface area (Å²) >= 11 is 3.23. The van der Waals surface area contributed by atoms with E-state index in [4.69, 9.17) is 4.42 Å². The second-order valence-electron chi connectivity index (χ2n) is 5.09. The maximum atomic E-state index is 12.0. The first-order valence-electron chi connectivity index (χ1n) is 6.74. The fourth-order valence-corrected chi connectivity index (χ4v) is 3.14. The molecule has 2 rings (SSSR count). The Morgan fingerprint density at radius 1 is 1.44 bits per heavy atom. The molecule has 0 aliphatic heterocycles. The molecule has 1 aromatic heterocycles. The molecule has 1 aromatic rings. The van der Waals surface area contributed by atoms with Crippen LogP contribution in [0.1, 0.15) is 55.8 Å². The van der Waals surface area contributed by atoms with Crippen molar-refractivity contribution in [1.82, 2.24) is 5.32 Å². The van der Waals surface area contributed by atoms with Gasteiger partial charge in [-0.15, -0.1) is 0 Å². The molecule has 18 heavy (non-hydrogen) atoms. The molecule has 0 bridgehead atoms. The Morgan fingerprint density at radius 2 is 2.17 bits per heavy atom. The van der Waals surface area contributed by atoms with Gasteiger partial charge in [0.25, 0.3) is 5.91 Å². The number of hydrogen-bond acceptors (Lipinski definition) is 2. The Balaban J connectivity index is 1.81. The van der Waals surface area contributed by atoms with Gasteiger partial charge in [-0.1, -0.05) is 19.8 Å². The molecule has 1 fully saturated rings. The van der Waals surface area contributed by atoms with E-state index in [1.165, 1.54) is 31.9 Å². The number of halogens is 1. The van der Waals surface area contributed by atoms with Gasteiger partial charge < -0.3 is 9.73 Å². The normalized spacial score (nSPS) is 23.9. The molecule has 1 saturated carbocycles.